The zero-order chi connectivity index (χ0) is 24.1. The Bertz CT molecular complexity index is 1370. The van der Waals surface area contributed by atoms with E-state index in [1.807, 2.05) is 29.6 Å². The van der Waals surface area contributed by atoms with E-state index in [4.69, 9.17) is 21.4 Å². The molecule has 0 unspecified atom stereocenters. The Balaban J connectivity index is 1.61. The van der Waals surface area contributed by atoms with E-state index in [-0.39, 0.29) is 17.3 Å². The zero-order valence-electron chi connectivity index (χ0n) is 17.6. The van der Waals surface area contributed by atoms with Gasteiger partial charge >= 0.3 is 5.97 Å². The summed E-state index contributed by atoms with van der Waals surface area (Å²) in [6.07, 6.45) is 1.74. The number of carboxylic acid groups (broad SMARTS) is 1. The van der Waals surface area contributed by atoms with Crippen LogP contribution in [0, 0.1) is 0 Å². The molecular weight excluding hydrogens is 516 g/mol. The van der Waals surface area contributed by atoms with Gasteiger partial charge in [0.2, 0.25) is 0 Å². The number of rotatable bonds is 10. The lowest BCUT2D eigenvalue weighted by Crippen LogP contribution is -2.29. The van der Waals surface area contributed by atoms with Gasteiger partial charge in [0.25, 0.3) is 10.0 Å². The summed E-state index contributed by atoms with van der Waals surface area (Å²) in [7, 11) is -3.85. The third-order valence-electron chi connectivity index (χ3n) is 4.75. The molecule has 2 aromatic carbocycles. The first-order valence-electron chi connectivity index (χ1n) is 9.99. The summed E-state index contributed by atoms with van der Waals surface area (Å²) in [4.78, 5) is 15.1. The number of aromatic nitrogens is 1. The van der Waals surface area contributed by atoms with E-state index >= 15 is 0 Å². The molecule has 0 aliphatic heterocycles. The molecular formula is C23H19ClN2O5S3. The monoisotopic (exact) mass is 534 g/mol. The number of ether oxygens (including phenoxy) is 1. The fourth-order valence-corrected chi connectivity index (χ4v) is 6.89. The van der Waals surface area contributed by atoms with Crippen molar-refractivity contribution in [3.05, 3.63) is 87.7 Å². The summed E-state index contributed by atoms with van der Waals surface area (Å²) in [6.45, 7) is -0.281. The molecule has 0 saturated heterocycles. The Hall–Kier alpha value is -2.76. The molecule has 0 spiro atoms. The van der Waals surface area contributed by atoms with Gasteiger partial charge in [-0.25, -0.2) is 18.2 Å². The fraction of sp³-hybridized carbons (Fsp3) is 0.130. The van der Waals surface area contributed by atoms with Crippen molar-refractivity contribution in [3.63, 3.8) is 0 Å². The molecule has 0 aliphatic rings. The van der Waals surface area contributed by atoms with Crippen LogP contribution in [0.15, 0.2) is 76.4 Å². The Morgan fingerprint density at radius 2 is 1.82 bits per heavy atom. The van der Waals surface area contributed by atoms with Gasteiger partial charge in [0.15, 0.2) is 6.61 Å². The number of thiazole rings is 1. The van der Waals surface area contributed by atoms with Crippen LogP contribution >= 0.6 is 34.3 Å². The first-order valence-corrected chi connectivity index (χ1v) is 13.5. The van der Waals surface area contributed by atoms with E-state index in [2.05, 4.69) is 4.98 Å². The molecule has 0 saturated carbocycles. The maximum absolute atomic E-state index is 13.5. The lowest BCUT2D eigenvalue weighted by molar-refractivity contribution is -0.139. The average molecular weight is 535 g/mol. The van der Waals surface area contributed by atoms with Crippen molar-refractivity contribution in [2.24, 2.45) is 0 Å². The van der Waals surface area contributed by atoms with Crippen LogP contribution in [-0.4, -0.2) is 35.4 Å². The Morgan fingerprint density at radius 3 is 2.47 bits per heavy atom. The van der Waals surface area contributed by atoms with Crippen LogP contribution in [0.5, 0.6) is 5.75 Å². The smallest absolute Gasteiger partial charge is 0.341 e. The number of aliphatic carboxylic acids is 1. The van der Waals surface area contributed by atoms with Gasteiger partial charge in [-0.1, -0.05) is 48.0 Å². The van der Waals surface area contributed by atoms with Crippen LogP contribution in [0.1, 0.15) is 11.1 Å². The minimum absolute atomic E-state index is 0.0658. The maximum Gasteiger partial charge on any atom is 0.341 e. The van der Waals surface area contributed by atoms with Gasteiger partial charge in [-0.05, 0) is 35.4 Å². The molecule has 0 bridgehead atoms. The molecule has 0 radical (unpaired) electrons. The van der Waals surface area contributed by atoms with Crippen LogP contribution in [0.3, 0.4) is 0 Å². The standard InChI is InChI=1S/C23H19ClN2O5S3/c24-20-8-9-22(33-20)34(29,30)26(14-17-2-1-3-19(12-17)31-15-21(27)28)13-16-4-6-18(7-5-16)23-25-10-11-32-23/h1-12H,13-15H2,(H,27,28). The average Bonchev–Trinajstić information content (AvgIpc) is 3.50. The second kappa shape index (κ2) is 10.7. The molecule has 4 rings (SSSR count). The largest absolute Gasteiger partial charge is 0.482 e. The number of benzene rings is 2. The van der Waals surface area contributed by atoms with E-state index in [0.29, 0.717) is 15.6 Å². The summed E-state index contributed by atoms with van der Waals surface area (Å²) in [5.41, 5.74) is 2.43. The van der Waals surface area contributed by atoms with Gasteiger partial charge < -0.3 is 9.84 Å². The van der Waals surface area contributed by atoms with Crippen molar-refractivity contribution in [2.75, 3.05) is 6.61 Å². The summed E-state index contributed by atoms with van der Waals surface area (Å²) >= 11 is 8.53. The van der Waals surface area contributed by atoms with E-state index in [0.717, 1.165) is 27.5 Å². The van der Waals surface area contributed by atoms with E-state index in [1.54, 1.807) is 36.5 Å². The number of nitrogens with zero attached hydrogens (tertiary/aromatic N) is 2. The Morgan fingerprint density at radius 1 is 1.06 bits per heavy atom. The van der Waals surface area contributed by atoms with E-state index in [1.165, 1.54) is 21.7 Å². The summed E-state index contributed by atoms with van der Waals surface area (Å²) in [5, 5.41) is 11.6. The van der Waals surface area contributed by atoms with Crippen LogP contribution in [0.2, 0.25) is 4.34 Å². The van der Waals surface area contributed by atoms with Crippen LogP contribution in [0.4, 0.5) is 0 Å². The normalized spacial score (nSPS) is 11.6. The molecule has 0 amide bonds. The number of thiophene rings is 1. The van der Waals surface area contributed by atoms with Crippen LogP contribution < -0.4 is 4.74 Å². The van der Waals surface area contributed by atoms with Crippen molar-refractivity contribution in [1.82, 2.24) is 9.29 Å². The number of carboxylic acids is 1. The quantitative estimate of drug-likeness (QED) is 0.293. The lowest BCUT2D eigenvalue weighted by Gasteiger charge is -2.22. The molecule has 0 aliphatic carbocycles. The zero-order valence-corrected chi connectivity index (χ0v) is 20.8. The van der Waals surface area contributed by atoms with Crippen LogP contribution in [-0.2, 0) is 27.9 Å². The molecule has 2 heterocycles. The molecule has 176 valence electrons. The van der Waals surface area contributed by atoms with Gasteiger partial charge in [-0.15, -0.1) is 22.7 Å². The van der Waals surface area contributed by atoms with Gasteiger partial charge in [0.05, 0.1) is 4.34 Å². The third kappa shape index (κ3) is 6.02. The number of hydrogen-bond acceptors (Lipinski definition) is 7. The number of carbonyl (C=O) groups is 1. The van der Waals surface area contributed by atoms with Gasteiger partial charge in [0, 0.05) is 30.2 Å². The molecule has 1 N–H and O–H groups in total. The molecule has 11 heteroatoms. The van der Waals surface area contributed by atoms with Crippen molar-refractivity contribution < 1.29 is 23.1 Å². The molecule has 34 heavy (non-hydrogen) atoms. The summed E-state index contributed by atoms with van der Waals surface area (Å²) in [6, 6.07) is 17.4. The number of hydrogen-bond donors (Lipinski definition) is 1. The van der Waals surface area contributed by atoms with Gasteiger partial charge in [0.1, 0.15) is 15.0 Å². The predicted octanol–water partition coefficient (Wildman–Crippen LogP) is 5.38. The van der Waals surface area contributed by atoms with E-state index < -0.39 is 22.6 Å². The first kappa shape index (κ1) is 24.4. The number of halogens is 1. The maximum atomic E-state index is 13.5. The molecule has 4 aromatic rings. The molecule has 2 aromatic heterocycles. The highest BCUT2D eigenvalue weighted by atomic mass is 35.5. The van der Waals surface area contributed by atoms with Gasteiger partial charge in [-0.2, -0.15) is 4.31 Å². The minimum atomic E-state index is -3.85. The highest BCUT2D eigenvalue weighted by Gasteiger charge is 2.27. The molecule has 0 fully saturated rings. The van der Waals surface area contributed by atoms with E-state index in [9.17, 15) is 13.2 Å². The summed E-state index contributed by atoms with van der Waals surface area (Å²) in [5.74, 6) is -0.741. The Labute approximate surface area is 209 Å². The molecule has 0 atom stereocenters. The topological polar surface area (TPSA) is 96.8 Å². The van der Waals surface area contributed by atoms with Crippen molar-refractivity contribution in [3.8, 4) is 16.3 Å². The third-order valence-corrected chi connectivity index (χ3v) is 9.07. The van der Waals surface area contributed by atoms with Gasteiger partial charge in [-0.3, -0.25) is 0 Å². The molecule has 7 nitrogen and oxygen atoms in total. The predicted molar refractivity (Wildman–Crippen MR) is 133 cm³/mol. The second-order valence-corrected chi connectivity index (χ2v) is 12.0. The second-order valence-electron chi connectivity index (χ2n) is 7.20. The fourth-order valence-electron chi connectivity index (χ4n) is 3.19. The number of sulfonamides is 1. The van der Waals surface area contributed by atoms with Crippen molar-refractivity contribution in [1.29, 1.82) is 0 Å². The first-order chi connectivity index (χ1) is 16.3. The van der Waals surface area contributed by atoms with Crippen molar-refractivity contribution >= 4 is 50.3 Å². The highest BCUT2D eigenvalue weighted by molar-refractivity contribution is 7.91. The Kier molecular flexibility index (Phi) is 7.64. The summed E-state index contributed by atoms with van der Waals surface area (Å²) < 4.78 is 34.1. The lowest BCUT2D eigenvalue weighted by atomic mass is 10.1. The van der Waals surface area contributed by atoms with Crippen molar-refractivity contribution in [2.45, 2.75) is 17.3 Å². The SMILES string of the molecule is O=C(O)COc1cccc(CN(Cc2ccc(-c3nccs3)cc2)S(=O)(=O)c2ccc(Cl)s2)c1. The highest BCUT2D eigenvalue weighted by Crippen LogP contribution is 2.31. The minimum Gasteiger partial charge on any atom is -0.482 e. The van der Waals surface area contributed by atoms with Crippen LogP contribution in [0.25, 0.3) is 10.6 Å².